The van der Waals surface area contributed by atoms with Crippen molar-refractivity contribution in [3.8, 4) is 0 Å². The Kier molecular flexibility index (Phi) is 7.75. The summed E-state index contributed by atoms with van der Waals surface area (Å²) in [6.07, 6.45) is 0.941. The van der Waals surface area contributed by atoms with Gasteiger partial charge in [-0.05, 0) is 29.0 Å². The predicted molar refractivity (Wildman–Crippen MR) is 125 cm³/mol. The third-order valence-corrected chi connectivity index (χ3v) is 5.40. The van der Waals surface area contributed by atoms with Crippen molar-refractivity contribution in [3.63, 3.8) is 0 Å². The van der Waals surface area contributed by atoms with Crippen molar-refractivity contribution in [2.75, 3.05) is 0 Å². The summed E-state index contributed by atoms with van der Waals surface area (Å²) in [5.74, 6) is 0.261. The Labute approximate surface area is 179 Å². The van der Waals surface area contributed by atoms with Gasteiger partial charge in [0.2, 0.25) is 0 Å². The summed E-state index contributed by atoms with van der Waals surface area (Å²) in [6.45, 7) is 4.30. The molecule has 0 spiro atoms. The topological polar surface area (TPSA) is 37.3 Å². The van der Waals surface area contributed by atoms with E-state index in [0.29, 0.717) is 11.5 Å². The van der Waals surface area contributed by atoms with E-state index in [2.05, 4.69) is 13.8 Å². The van der Waals surface area contributed by atoms with Crippen LogP contribution in [0.2, 0.25) is 0 Å². The van der Waals surface area contributed by atoms with E-state index in [0.717, 1.165) is 29.5 Å². The van der Waals surface area contributed by atoms with Crippen LogP contribution in [0.3, 0.4) is 0 Å². The molecule has 0 bridgehead atoms. The summed E-state index contributed by atoms with van der Waals surface area (Å²) in [5, 5.41) is 10.9. The van der Waals surface area contributed by atoms with Gasteiger partial charge in [-0.15, -0.1) is 0 Å². The highest BCUT2D eigenvalue weighted by molar-refractivity contribution is 6.33. The van der Waals surface area contributed by atoms with Crippen molar-refractivity contribution >= 4 is 16.9 Å². The van der Waals surface area contributed by atoms with E-state index < -0.39 is 6.10 Å². The van der Waals surface area contributed by atoms with Gasteiger partial charge in [-0.25, -0.2) is 0 Å². The van der Waals surface area contributed by atoms with E-state index in [-0.39, 0.29) is 11.7 Å². The molecule has 0 radical (unpaired) electrons. The fourth-order valence-corrected chi connectivity index (χ4v) is 3.83. The molecule has 0 saturated heterocycles. The van der Waals surface area contributed by atoms with Crippen molar-refractivity contribution in [2.45, 2.75) is 32.8 Å². The summed E-state index contributed by atoms with van der Waals surface area (Å²) in [4.78, 5) is 13.1. The predicted octanol–water partition coefficient (Wildman–Crippen LogP) is 6.28. The summed E-state index contributed by atoms with van der Waals surface area (Å²) in [7, 11) is 0. The van der Waals surface area contributed by atoms with E-state index in [4.69, 9.17) is 0 Å². The number of hydrogen-bond donors (Lipinski definition) is 1. The second-order valence-electron chi connectivity index (χ2n) is 8.06. The molecule has 0 heterocycles. The highest BCUT2D eigenvalue weighted by Crippen LogP contribution is 2.42. The zero-order chi connectivity index (χ0) is 21.3. The van der Waals surface area contributed by atoms with Gasteiger partial charge in [0, 0.05) is 5.57 Å². The second-order valence-corrected chi connectivity index (χ2v) is 8.06. The van der Waals surface area contributed by atoms with E-state index in [1.807, 2.05) is 97.1 Å². The van der Waals surface area contributed by atoms with Gasteiger partial charge >= 0.3 is 0 Å². The maximum atomic E-state index is 13.1. The summed E-state index contributed by atoms with van der Waals surface area (Å²) in [5.41, 5.74) is 3.29. The molecule has 2 atom stereocenters. The van der Waals surface area contributed by atoms with Gasteiger partial charge in [-0.1, -0.05) is 117 Å². The monoisotopic (exact) mass is 398 g/mol. The normalized spacial score (nSPS) is 18.3. The number of aliphatic hydroxyl groups is 1. The van der Waals surface area contributed by atoms with Gasteiger partial charge < -0.3 is 5.11 Å². The number of ketones is 1. The molecule has 1 aliphatic rings. The lowest BCUT2D eigenvalue weighted by molar-refractivity contribution is -0.118. The number of allylic oxidation sites excluding steroid dienone is 1. The minimum Gasteiger partial charge on any atom is -0.388 e. The third-order valence-electron chi connectivity index (χ3n) is 5.40. The SMILES string of the molecule is CC(C)CC[C@@H]1C(=O)C(c2ccccc2)=C(c2ccccc2)[C@@H]1O.c1ccccc1. The smallest absolute Gasteiger partial charge is 0.169 e. The van der Waals surface area contributed by atoms with Gasteiger partial charge in [0.25, 0.3) is 0 Å². The van der Waals surface area contributed by atoms with Gasteiger partial charge in [0.15, 0.2) is 5.78 Å². The summed E-state index contributed by atoms with van der Waals surface area (Å²) < 4.78 is 0. The minimum atomic E-state index is -0.728. The number of hydrogen-bond acceptors (Lipinski definition) is 2. The number of Topliss-reactive ketones (excluding diaryl/α,β-unsaturated/α-hetero) is 1. The molecule has 0 aliphatic heterocycles. The lowest BCUT2D eigenvalue weighted by atomic mass is 9.90. The van der Waals surface area contributed by atoms with Crippen LogP contribution in [0.4, 0.5) is 0 Å². The first-order valence-electron chi connectivity index (χ1n) is 10.7. The van der Waals surface area contributed by atoms with Crippen LogP contribution in [0.5, 0.6) is 0 Å². The number of aliphatic hydroxyl groups excluding tert-OH is 1. The van der Waals surface area contributed by atoms with Crippen LogP contribution in [0, 0.1) is 11.8 Å². The first kappa shape index (κ1) is 21.7. The first-order chi connectivity index (χ1) is 14.6. The van der Waals surface area contributed by atoms with Crippen molar-refractivity contribution in [2.24, 2.45) is 11.8 Å². The number of rotatable bonds is 5. The molecular formula is C28H30O2. The minimum absolute atomic E-state index is 0.0770. The van der Waals surface area contributed by atoms with Crippen LogP contribution in [-0.4, -0.2) is 17.0 Å². The number of carbonyl (C=O) groups excluding carboxylic acids is 1. The Morgan fingerprint density at radius 3 is 1.63 bits per heavy atom. The van der Waals surface area contributed by atoms with Crippen LogP contribution < -0.4 is 0 Å². The molecular weight excluding hydrogens is 368 g/mol. The van der Waals surface area contributed by atoms with E-state index in [1.165, 1.54) is 0 Å². The molecule has 3 aromatic carbocycles. The third kappa shape index (κ3) is 5.34. The fourth-order valence-electron chi connectivity index (χ4n) is 3.83. The van der Waals surface area contributed by atoms with Crippen LogP contribution in [0.15, 0.2) is 97.1 Å². The van der Waals surface area contributed by atoms with Crippen molar-refractivity contribution < 1.29 is 9.90 Å². The highest BCUT2D eigenvalue weighted by atomic mass is 16.3. The molecule has 3 aromatic rings. The lowest BCUT2D eigenvalue weighted by Crippen LogP contribution is -2.22. The zero-order valence-corrected chi connectivity index (χ0v) is 17.7. The quantitative estimate of drug-likeness (QED) is 0.549. The molecule has 1 N–H and O–H groups in total. The average molecular weight is 399 g/mol. The van der Waals surface area contributed by atoms with Crippen LogP contribution in [0.1, 0.15) is 37.8 Å². The molecule has 30 heavy (non-hydrogen) atoms. The first-order valence-corrected chi connectivity index (χ1v) is 10.7. The molecule has 0 fully saturated rings. The van der Waals surface area contributed by atoms with Crippen molar-refractivity contribution in [1.82, 2.24) is 0 Å². The molecule has 4 rings (SSSR count). The van der Waals surface area contributed by atoms with E-state index >= 15 is 0 Å². The Balaban J connectivity index is 0.000000367. The lowest BCUT2D eigenvalue weighted by Gasteiger charge is -2.17. The van der Waals surface area contributed by atoms with Gasteiger partial charge in [0.05, 0.1) is 12.0 Å². The molecule has 1 aliphatic carbocycles. The highest BCUT2D eigenvalue weighted by Gasteiger charge is 2.41. The van der Waals surface area contributed by atoms with Crippen LogP contribution >= 0.6 is 0 Å². The molecule has 0 saturated carbocycles. The van der Waals surface area contributed by atoms with Crippen LogP contribution in [0.25, 0.3) is 11.1 Å². The van der Waals surface area contributed by atoms with Crippen molar-refractivity contribution in [1.29, 1.82) is 0 Å². The van der Waals surface area contributed by atoms with Crippen molar-refractivity contribution in [3.05, 3.63) is 108 Å². The largest absolute Gasteiger partial charge is 0.388 e. The van der Waals surface area contributed by atoms with Gasteiger partial charge in [0.1, 0.15) is 0 Å². The standard InChI is InChI=1S/C22H24O2.C6H6/c1-15(2)13-14-18-21(23)19(16-9-5-3-6-10-16)20(22(18)24)17-11-7-4-8-12-17;1-2-4-6-5-3-1/h3-12,15,18,21,23H,13-14H2,1-2H3;1-6H/t18-,21+;/m0./s1. The van der Waals surface area contributed by atoms with Gasteiger partial charge in [-0.2, -0.15) is 0 Å². The maximum absolute atomic E-state index is 13.1. The Hall–Kier alpha value is -2.97. The molecule has 0 unspecified atom stereocenters. The Bertz CT molecular complexity index is 917. The van der Waals surface area contributed by atoms with E-state index in [1.54, 1.807) is 0 Å². The fraction of sp³-hybridized carbons (Fsp3) is 0.250. The Morgan fingerprint density at radius 2 is 1.17 bits per heavy atom. The molecule has 2 heteroatoms. The second kappa shape index (κ2) is 10.7. The molecule has 2 nitrogen and oxygen atoms in total. The zero-order valence-electron chi connectivity index (χ0n) is 17.7. The van der Waals surface area contributed by atoms with E-state index in [9.17, 15) is 9.90 Å². The average Bonchev–Trinajstić information content (AvgIpc) is 3.04. The summed E-state index contributed by atoms with van der Waals surface area (Å²) >= 11 is 0. The molecule has 0 amide bonds. The summed E-state index contributed by atoms with van der Waals surface area (Å²) in [6, 6.07) is 31.5. The number of benzene rings is 3. The van der Waals surface area contributed by atoms with Crippen LogP contribution in [-0.2, 0) is 4.79 Å². The maximum Gasteiger partial charge on any atom is 0.169 e. The Morgan fingerprint density at radius 1 is 0.733 bits per heavy atom. The molecule has 154 valence electrons. The number of carbonyl (C=O) groups is 1. The van der Waals surface area contributed by atoms with Gasteiger partial charge in [-0.3, -0.25) is 4.79 Å². The molecule has 0 aromatic heterocycles.